The van der Waals surface area contributed by atoms with Crippen LogP contribution in [0.3, 0.4) is 0 Å². The van der Waals surface area contributed by atoms with Crippen LogP contribution < -0.4 is 5.32 Å². The van der Waals surface area contributed by atoms with Crippen molar-refractivity contribution in [3.05, 3.63) is 34.1 Å². The van der Waals surface area contributed by atoms with Gasteiger partial charge in [-0.15, -0.1) is 0 Å². The van der Waals surface area contributed by atoms with E-state index in [2.05, 4.69) is 21.2 Å². The molecule has 2 rings (SSSR count). The van der Waals surface area contributed by atoms with Gasteiger partial charge in [-0.05, 0) is 12.1 Å². The monoisotopic (exact) mass is 304 g/mol. The molecule has 0 aliphatic carbocycles. The van der Waals surface area contributed by atoms with Crippen LogP contribution in [-0.4, -0.2) is 37.8 Å². The van der Waals surface area contributed by atoms with E-state index in [0.29, 0.717) is 10.0 Å². The fraction of sp³-hybridized carbons (Fsp3) is 0.500. The highest BCUT2D eigenvalue weighted by molar-refractivity contribution is 9.10. The standard InChI is InChI=1S/C12H15BrF2N2/c13-9-2-1-3-10(15)12(9)11(8-14)17-6-4-16-5-7-17/h1-3,11,16H,4-8H2/t11-/m1/s1. The van der Waals surface area contributed by atoms with Crippen molar-refractivity contribution in [3.63, 3.8) is 0 Å². The number of nitrogens with zero attached hydrogens (tertiary/aromatic N) is 1. The molecule has 0 bridgehead atoms. The fourth-order valence-electron chi connectivity index (χ4n) is 2.18. The highest BCUT2D eigenvalue weighted by Crippen LogP contribution is 2.30. The summed E-state index contributed by atoms with van der Waals surface area (Å²) < 4.78 is 27.7. The summed E-state index contributed by atoms with van der Waals surface area (Å²) in [5.74, 6) is -0.347. The molecule has 0 unspecified atom stereocenters. The summed E-state index contributed by atoms with van der Waals surface area (Å²) in [6, 6.07) is 4.26. The Kier molecular flexibility index (Phi) is 4.48. The van der Waals surface area contributed by atoms with Gasteiger partial charge in [0.15, 0.2) is 0 Å². The molecule has 1 fully saturated rings. The minimum absolute atomic E-state index is 0.347. The van der Waals surface area contributed by atoms with Crippen LogP contribution in [0.15, 0.2) is 22.7 Å². The van der Waals surface area contributed by atoms with Gasteiger partial charge in [-0.25, -0.2) is 8.78 Å². The van der Waals surface area contributed by atoms with Gasteiger partial charge in [0.1, 0.15) is 12.5 Å². The van der Waals surface area contributed by atoms with E-state index in [9.17, 15) is 8.78 Å². The molecule has 0 spiro atoms. The number of benzene rings is 1. The molecule has 1 aliphatic heterocycles. The van der Waals surface area contributed by atoms with Crippen molar-refractivity contribution < 1.29 is 8.78 Å². The first kappa shape index (κ1) is 12.9. The van der Waals surface area contributed by atoms with Gasteiger partial charge in [-0.3, -0.25) is 4.90 Å². The number of hydrogen-bond donors (Lipinski definition) is 1. The zero-order valence-corrected chi connectivity index (χ0v) is 11.0. The van der Waals surface area contributed by atoms with Crippen LogP contribution >= 0.6 is 15.9 Å². The van der Waals surface area contributed by atoms with Gasteiger partial charge in [-0.2, -0.15) is 0 Å². The summed E-state index contributed by atoms with van der Waals surface area (Å²) in [6.07, 6.45) is 0. The molecular weight excluding hydrogens is 290 g/mol. The van der Waals surface area contributed by atoms with E-state index in [1.165, 1.54) is 6.07 Å². The van der Waals surface area contributed by atoms with Crippen LogP contribution in [0.5, 0.6) is 0 Å². The van der Waals surface area contributed by atoms with Crippen molar-refractivity contribution in [1.29, 1.82) is 0 Å². The molecule has 2 nitrogen and oxygen atoms in total. The van der Waals surface area contributed by atoms with Crippen LogP contribution in [0.2, 0.25) is 0 Å². The van der Waals surface area contributed by atoms with E-state index in [1.807, 2.05) is 4.90 Å². The third-order valence-electron chi connectivity index (χ3n) is 3.07. The predicted molar refractivity (Wildman–Crippen MR) is 67.3 cm³/mol. The number of piperazine rings is 1. The largest absolute Gasteiger partial charge is 0.314 e. The van der Waals surface area contributed by atoms with Crippen LogP contribution in [0.1, 0.15) is 11.6 Å². The first-order chi connectivity index (χ1) is 8.24. The van der Waals surface area contributed by atoms with E-state index in [-0.39, 0.29) is 5.82 Å². The zero-order chi connectivity index (χ0) is 12.3. The summed E-state index contributed by atoms with van der Waals surface area (Å²) >= 11 is 3.31. The third kappa shape index (κ3) is 2.84. The molecule has 1 N–H and O–H groups in total. The first-order valence-electron chi connectivity index (χ1n) is 5.68. The summed E-state index contributed by atoms with van der Waals surface area (Å²) in [4.78, 5) is 1.99. The minimum Gasteiger partial charge on any atom is -0.314 e. The molecule has 0 saturated carbocycles. The number of rotatable bonds is 3. The Bertz CT molecular complexity index is 361. The van der Waals surface area contributed by atoms with Crippen LogP contribution in [0, 0.1) is 5.82 Å². The van der Waals surface area contributed by atoms with E-state index in [1.54, 1.807) is 12.1 Å². The summed E-state index contributed by atoms with van der Waals surface area (Å²) in [7, 11) is 0. The van der Waals surface area contributed by atoms with Gasteiger partial charge in [-0.1, -0.05) is 22.0 Å². The third-order valence-corrected chi connectivity index (χ3v) is 3.76. The fourth-order valence-corrected chi connectivity index (χ4v) is 2.79. The lowest BCUT2D eigenvalue weighted by molar-refractivity contribution is 0.144. The maximum Gasteiger partial charge on any atom is 0.129 e. The molecule has 0 aromatic heterocycles. The van der Waals surface area contributed by atoms with Crippen LogP contribution in [0.25, 0.3) is 0 Å². The van der Waals surface area contributed by atoms with Gasteiger partial charge in [0, 0.05) is 36.2 Å². The molecular formula is C12H15BrF2N2. The van der Waals surface area contributed by atoms with E-state index in [4.69, 9.17) is 0 Å². The van der Waals surface area contributed by atoms with Crippen molar-refractivity contribution in [2.75, 3.05) is 32.9 Å². The second-order valence-corrected chi connectivity index (χ2v) is 4.95. The quantitative estimate of drug-likeness (QED) is 0.923. The number of hydrogen-bond acceptors (Lipinski definition) is 2. The second kappa shape index (κ2) is 5.89. The lowest BCUT2D eigenvalue weighted by Gasteiger charge is -2.34. The Hall–Kier alpha value is -0.520. The Morgan fingerprint density at radius 2 is 2.06 bits per heavy atom. The highest BCUT2D eigenvalue weighted by Gasteiger charge is 2.26. The normalized spacial score (nSPS) is 19.2. The maximum absolute atomic E-state index is 13.8. The summed E-state index contributed by atoms with van der Waals surface area (Å²) in [5, 5.41) is 3.20. The number of alkyl halides is 1. The Labute approximate surface area is 108 Å². The van der Waals surface area contributed by atoms with Crippen molar-refractivity contribution in [2.24, 2.45) is 0 Å². The van der Waals surface area contributed by atoms with E-state index in [0.717, 1.165) is 26.2 Å². The second-order valence-electron chi connectivity index (χ2n) is 4.09. The van der Waals surface area contributed by atoms with Crippen molar-refractivity contribution in [1.82, 2.24) is 10.2 Å². The van der Waals surface area contributed by atoms with Gasteiger partial charge in [0.25, 0.3) is 0 Å². The topological polar surface area (TPSA) is 15.3 Å². The average molecular weight is 305 g/mol. The average Bonchev–Trinajstić information content (AvgIpc) is 2.35. The number of nitrogens with one attached hydrogen (secondary N) is 1. The minimum atomic E-state index is -0.570. The number of halogens is 3. The van der Waals surface area contributed by atoms with Gasteiger partial charge >= 0.3 is 0 Å². The van der Waals surface area contributed by atoms with Crippen molar-refractivity contribution in [3.8, 4) is 0 Å². The van der Waals surface area contributed by atoms with E-state index < -0.39 is 12.7 Å². The molecule has 94 valence electrons. The van der Waals surface area contributed by atoms with E-state index >= 15 is 0 Å². The lowest BCUT2D eigenvalue weighted by atomic mass is 10.0. The molecule has 17 heavy (non-hydrogen) atoms. The smallest absolute Gasteiger partial charge is 0.129 e. The maximum atomic E-state index is 13.8. The highest BCUT2D eigenvalue weighted by atomic mass is 79.9. The molecule has 0 radical (unpaired) electrons. The van der Waals surface area contributed by atoms with Gasteiger partial charge in [0.2, 0.25) is 0 Å². The van der Waals surface area contributed by atoms with Crippen LogP contribution in [-0.2, 0) is 0 Å². The first-order valence-corrected chi connectivity index (χ1v) is 6.48. The summed E-state index contributed by atoms with van der Waals surface area (Å²) in [5.41, 5.74) is 0.428. The molecule has 1 aromatic carbocycles. The summed E-state index contributed by atoms with van der Waals surface area (Å²) in [6.45, 7) is 2.56. The molecule has 0 amide bonds. The SMILES string of the molecule is FC[C@H](c1c(F)cccc1Br)N1CCNCC1. The van der Waals surface area contributed by atoms with Crippen molar-refractivity contribution in [2.45, 2.75) is 6.04 Å². The molecule has 1 aromatic rings. The molecule has 5 heteroatoms. The Morgan fingerprint density at radius 3 is 2.65 bits per heavy atom. The van der Waals surface area contributed by atoms with Gasteiger partial charge in [0.05, 0.1) is 6.04 Å². The Balaban J connectivity index is 2.27. The predicted octanol–water partition coefficient (Wildman–Crippen LogP) is 2.50. The van der Waals surface area contributed by atoms with Crippen molar-refractivity contribution >= 4 is 15.9 Å². The lowest BCUT2D eigenvalue weighted by Crippen LogP contribution is -2.46. The molecule has 1 heterocycles. The molecule has 1 saturated heterocycles. The Morgan fingerprint density at radius 1 is 1.35 bits per heavy atom. The zero-order valence-electron chi connectivity index (χ0n) is 9.43. The molecule has 1 atom stereocenters. The van der Waals surface area contributed by atoms with Crippen LogP contribution in [0.4, 0.5) is 8.78 Å². The molecule has 1 aliphatic rings. The van der Waals surface area contributed by atoms with Gasteiger partial charge < -0.3 is 5.32 Å².